The van der Waals surface area contributed by atoms with Crippen molar-refractivity contribution in [2.75, 3.05) is 4.90 Å². The molecule has 0 amide bonds. The summed E-state index contributed by atoms with van der Waals surface area (Å²) in [6.45, 7) is 0. The van der Waals surface area contributed by atoms with Crippen LogP contribution in [0.4, 0.5) is 17.1 Å². The molecular formula is C46H29NO. The van der Waals surface area contributed by atoms with Crippen LogP contribution < -0.4 is 4.90 Å². The molecule has 0 saturated heterocycles. The summed E-state index contributed by atoms with van der Waals surface area (Å²) < 4.78 is 6.21. The van der Waals surface area contributed by atoms with Crippen LogP contribution in [0, 0.1) is 0 Å². The summed E-state index contributed by atoms with van der Waals surface area (Å²) in [5.74, 6) is 0. The highest BCUT2D eigenvalue weighted by atomic mass is 16.3. The van der Waals surface area contributed by atoms with Gasteiger partial charge in [0.2, 0.25) is 0 Å². The molecule has 48 heavy (non-hydrogen) atoms. The topological polar surface area (TPSA) is 16.4 Å². The average molecular weight is 612 g/mol. The van der Waals surface area contributed by atoms with E-state index < -0.39 is 0 Å². The second kappa shape index (κ2) is 10.6. The molecule has 10 rings (SSSR count). The van der Waals surface area contributed by atoms with Crippen LogP contribution in [0.5, 0.6) is 0 Å². The number of rotatable bonds is 4. The molecule has 2 nitrogen and oxygen atoms in total. The van der Waals surface area contributed by atoms with Crippen molar-refractivity contribution in [2.45, 2.75) is 0 Å². The predicted octanol–water partition coefficient (Wildman–Crippen LogP) is 13.3. The van der Waals surface area contributed by atoms with E-state index in [0.29, 0.717) is 0 Å². The van der Waals surface area contributed by atoms with Crippen molar-refractivity contribution in [3.8, 4) is 11.1 Å². The molecule has 0 radical (unpaired) electrons. The highest BCUT2D eigenvalue weighted by molar-refractivity contribution is 6.21. The molecule has 0 saturated carbocycles. The van der Waals surface area contributed by atoms with Crippen LogP contribution in [0.2, 0.25) is 0 Å². The smallest absolute Gasteiger partial charge is 0.136 e. The molecule has 0 aliphatic carbocycles. The van der Waals surface area contributed by atoms with Crippen molar-refractivity contribution in [3.63, 3.8) is 0 Å². The van der Waals surface area contributed by atoms with Crippen LogP contribution in [-0.2, 0) is 0 Å². The van der Waals surface area contributed by atoms with E-state index in [1.165, 1.54) is 59.6 Å². The Morgan fingerprint density at radius 3 is 1.62 bits per heavy atom. The normalized spacial score (nSPS) is 11.8. The van der Waals surface area contributed by atoms with E-state index in [1.807, 2.05) is 12.1 Å². The minimum atomic E-state index is 0.916. The first kappa shape index (κ1) is 26.8. The number of nitrogens with zero attached hydrogens (tertiary/aromatic N) is 1. The Bertz CT molecular complexity index is 2830. The van der Waals surface area contributed by atoms with E-state index in [1.54, 1.807) is 0 Å². The van der Waals surface area contributed by atoms with Crippen LogP contribution in [0.25, 0.3) is 76.2 Å². The maximum atomic E-state index is 6.21. The van der Waals surface area contributed by atoms with Gasteiger partial charge in [-0.2, -0.15) is 0 Å². The number of furan rings is 1. The SMILES string of the molecule is c1ccc(-c2ccc(N(c3ccc4c(ccc5ccc6ccccc6c54)c3)c3ccc4c(ccc5oc6ccccc6c54)c3)cc2)cc1. The summed E-state index contributed by atoms with van der Waals surface area (Å²) >= 11 is 0. The van der Waals surface area contributed by atoms with Gasteiger partial charge in [-0.15, -0.1) is 0 Å². The monoisotopic (exact) mass is 611 g/mol. The van der Waals surface area contributed by atoms with Gasteiger partial charge >= 0.3 is 0 Å². The zero-order valence-corrected chi connectivity index (χ0v) is 26.1. The van der Waals surface area contributed by atoms with E-state index in [-0.39, 0.29) is 0 Å². The molecule has 0 fully saturated rings. The van der Waals surface area contributed by atoms with Crippen molar-refractivity contribution < 1.29 is 4.42 Å². The summed E-state index contributed by atoms with van der Waals surface area (Å²) in [6, 6.07) is 63.4. The van der Waals surface area contributed by atoms with Crippen LogP contribution in [0.3, 0.4) is 0 Å². The number of fused-ring (bicyclic) bond motifs is 10. The van der Waals surface area contributed by atoms with Crippen LogP contribution in [-0.4, -0.2) is 0 Å². The second-order valence-electron chi connectivity index (χ2n) is 12.5. The van der Waals surface area contributed by atoms with Gasteiger partial charge in [-0.1, -0.05) is 127 Å². The van der Waals surface area contributed by atoms with E-state index in [2.05, 4.69) is 169 Å². The fraction of sp³-hybridized carbons (Fsp3) is 0. The van der Waals surface area contributed by atoms with Crippen LogP contribution in [0.15, 0.2) is 180 Å². The van der Waals surface area contributed by atoms with Crippen LogP contribution in [0.1, 0.15) is 0 Å². The molecule has 0 spiro atoms. The van der Waals surface area contributed by atoms with Crippen molar-refractivity contribution in [1.29, 1.82) is 0 Å². The molecule has 0 aliphatic heterocycles. The first-order valence-electron chi connectivity index (χ1n) is 16.4. The molecule has 1 heterocycles. The number of hydrogen-bond acceptors (Lipinski definition) is 2. The summed E-state index contributed by atoms with van der Waals surface area (Å²) in [5, 5.41) is 12.3. The molecule has 224 valence electrons. The Hall–Kier alpha value is -6.38. The van der Waals surface area contributed by atoms with Crippen molar-refractivity contribution in [2.24, 2.45) is 0 Å². The lowest BCUT2D eigenvalue weighted by atomic mass is 9.96. The molecule has 9 aromatic carbocycles. The van der Waals surface area contributed by atoms with Gasteiger partial charge in [-0.05, 0) is 103 Å². The van der Waals surface area contributed by atoms with Gasteiger partial charge in [0.1, 0.15) is 11.2 Å². The molecule has 2 heteroatoms. The standard InChI is InChI=1S/C46H29NO/c1-2-8-30(9-3-1)31-18-21-36(22-19-31)47(38-24-26-41-35(29-38)20-27-44-46(41)42-12-6-7-13-43(42)48-44)37-23-25-40-34(28-37)17-16-33-15-14-32-10-4-5-11-39(32)45(33)40/h1-29H. The Kier molecular flexibility index (Phi) is 5.91. The predicted molar refractivity (Wildman–Crippen MR) is 204 cm³/mol. The van der Waals surface area contributed by atoms with Crippen molar-refractivity contribution in [1.82, 2.24) is 0 Å². The third kappa shape index (κ3) is 4.20. The van der Waals surface area contributed by atoms with Gasteiger partial charge in [0.25, 0.3) is 0 Å². The Labute approximate surface area is 277 Å². The molecule has 0 atom stereocenters. The maximum absolute atomic E-state index is 6.21. The molecule has 1 aromatic heterocycles. The van der Waals surface area contributed by atoms with Gasteiger partial charge in [-0.25, -0.2) is 0 Å². The van der Waals surface area contributed by atoms with E-state index >= 15 is 0 Å². The Morgan fingerprint density at radius 1 is 0.312 bits per heavy atom. The molecule has 0 N–H and O–H groups in total. The quantitative estimate of drug-likeness (QED) is 0.184. The summed E-state index contributed by atoms with van der Waals surface area (Å²) in [6.07, 6.45) is 0. The van der Waals surface area contributed by atoms with Crippen LogP contribution >= 0.6 is 0 Å². The molecule has 0 unspecified atom stereocenters. The number of hydrogen-bond donors (Lipinski definition) is 0. The zero-order chi connectivity index (χ0) is 31.6. The summed E-state index contributed by atoms with van der Waals surface area (Å²) in [5.41, 5.74) is 7.57. The van der Waals surface area contributed by atoms with Gasteiger partial charge in [0.05, 0.1) is 0 Å². The largest absolute Gasteiger partial charge is 0.456 e. The van der Waals surface area contributed by atoms with Gasteiger partial charge in [-0.3, -0.25) is 0 Å². The minimum Gasteiger partial charge on any atom is -0.456 e. The summed E-state index contributed by atoms with van der Waals surface area (Å²) in [4.78, 5) is 2.37. The molecular weight excluding hydrogens is 583 g/mol. The molecule has 0 aliphatic rings. The zero-order valence-electron chi connectivity index (χ0n) is 26.1. The highest BCUT2D eigenvalue weighted by Crippen LogP contribution is 2.42. The number of anilines is 3. The maximum Gasteiger partial charge on any atom is 0.136 e. The second-order valence-corrected chi connectivity index (χ2v) is 12.5. The minimum absolute atomic E-state index is 0.916. The molecule has 10 aromatic rings. The average Bonchev–Trinajstić information content (AvgIpc) is 3.54. The fourth-order valence-electron chi connectivity index (χ4n) is 7.52. The lowest BCUT2D eigenvalue weighted by Gasteiger charge is -2.26. The number of para-hydroxylation sites is 1. The van der Waals surface area contributed by atoms with E-state index in [9.17, 15) is 0 Å². The lowest BCUT2D eigenvalue weighted by Crippen LogP contribution is -2.10. The molecule has 0 bridgehead atoms. The fourth-order valence-corrected chi connectivity index (χ4v) is 7.52. The first-order valence-corrected chi connectivity index (χ1v) is 16.4. The van der Waals surface area contributed by atoms with Gasteiger partial charge in [0, 0.05) is 27.8 Å². The highest BCUT2D eigenvalue weighted by Gasteiger charge is 2.17. The van der Waals surface area contributed by atoms with Crippen molar-refractivity contribution in [3.05, 3.63) is 176 Å². The van der Waals surface area contributed by atoms with E-state index in [0.717, 1.165) is 33.6 Å². The van der Waals surface area contributed by atoms with Crippen molar-refractivity contribution >= 4 is 82.1 Å². The van der Waals surface area contributed by atoms with Gasteiger partial charge < -0.3 is 9.32 Å². The van der Waals surface area contributed by atoms with E-state index in [4.69, 9.17) is 4.42 Å². The first-order chi connectivity index (χ1) is 23.8. The Morgan fingerprint density at radius 2 is 0.854 bits per heavy atom. The Balaban J connectivity index is 1.17. The van der Waals surface area contributed by atoms with Gasteiger partial charge in [0.15, 0.2) is 0 Å². The lowest BCUT2D eigenvalue weighted by molar-refractivity contribution is 0.669. The third-order valence-corrected chi connectivity index (χ3v) is 9.80. The summed E-state index contributed by atoms with van der Waals surface area (Å²) in [7, 11) is 0. The number of benzene rings is 9. The third-order valence-electron chi connectivity index (χ3n) is 9.80.